The lowest BCUT2D eigenvalue weighted by molar-refractivity contribution is -0.137. The molecule has 2 aromatic carbocycles. The molecule has 158 valence electrons. The fourth-order valence-electron chi connectivity index (χ4n) is 3.53. The molecule has 5 nitrogen and oxygen atoms in total. The summed E-state index contributed by atoms with van der Waals surface area (Å²) >= 11 is 0. The topological polar surface area (TPSA) is 58.6 Å². The first-order chi connectivity index (χ1) is 13.7. The standard InChI is InChI=1S/C20H23F3N2O3S/c1-28-17-8-4-15(5-9-17)19-3-2-13-25(19)14-12-24-29(26,27)18-10-6-16(7-11-18)20(21,22)23/h4-11,19,24H,2-3,12-14H2,1H3. The molecule has 0 saturated carbocycles. The van der Waals surface area contributed by atoms with E-state index in [1.54, 1.807) is 7.11 Å². The number of alkyl halides is 3. The van der Waals surface area contributed by atoms with Crippen molar-refractivity contribution in [2.45, 2.75) is 30.0 Å². The molecule has 1 atom stereocenters. The van der Waals surface area contributed by atoms with Crippen LogP contribution in [0.4, 0.5) is 13.2 Å². The van der Waals surface area contributed by atoms with Crippen molar-refractivity contribution < 1.29 is 26.3 Å². The van der Waals surface area contributed by atoms with Crippen LogP contribution in [0, 0.1) is 0 Å². The number of hydrogen-bond donors (Lipinski definition) is 1. The molecular weight excluding hydrogens is 405 g/mol. The summed E-state index contributed by atoms with van der Waals surface area (Å²) < 4.78 is 70.3. The van der Waals surface area contributed by atoms with Gasteiger partial charge in [0.15, 0.2) is 0 Å². The van der Waals surface area contributed by atoms with Crippen molar-refractivity contribution in [3.05, 3.63) is 59.7 Å². The fourth-order valence-corrected chi connectivity index (χ4v) is 4.55. The molecule has 1 heterocycles. The van der Waals surface area contributed by atoms with E-state index in [0.717, 1.165) is 55.0 Å². The lowest BCUT2D eigenvalue weighted by Crippen LogP contribution is -2.34. The second-order valence-corrected chi connectivity index (χ2v) is 8.65. The van der Waals surface area contributed by atoms with Gasteiger partial charge in [0.2, 0.25) is 10.0 Å². The quantitative estimate of drug-likeness (QED) is 0.728. The van der Waals surface area contributed by atoms with Crippen molar-refractivity contribution in [3.63, 3.8) is 0 Å². The molecule has 1 aliphatic heterocycles. The minimum atomic E-state index is -4.50. The maximum Gasteiger partial charge on any atom is 0.416 e. The molecule has 2 aromatic rings. The molecule has 0 spiro atoms. The van der Waals surface area contributed by atoms with Crippen molar-refractivity contribution in [2.24, 2.45) is 0 Å². The summed E-state index contributed by atoms with van der Waals surface area (Å²) in [6.45, 7) is 1.55. The van der Waals surface area contributed by atoms with Crippen LogP contribution in [0.25, 0.3) is 0 Å². The van der Waals surface area contributed by atoms with Crippen LogP contribution in [0.15, 0.2) is 53.4 Å². The van der Waals surface area contributed by atoms with Gasteiger partial charge in [-0.3, -0.25) is 4.90 Å². The van der Waals surface area contributed by atoms with Crippen LogP contribution in [0.5, 0.6) is 5.75 Å². The number of sulfonamides is 1. The van der Waals surface area contributed by atoms with E-state index in [0.29, 0.717) is 6.54 Å². The van der Waals surface area contributed by atoms with Crippen LogP contribution in [0.3, 0.4) is 0 Å². The van der Waals surface area contributed by atoms with Crippen LogP contribution in [0.1, 0.15) is 30.0 Å². The lowest BCUT2D eigenvalue weighted by atomic mass is 10.0. The van der Waals surface area contributed by atoms with Gasteiger partial charge in [0.1, 0.15) is 5.75 Å². The van der Waals surface area contributed by atoms with E-state index >= 15 is 0 Å². The summed E-state index contributed by atoms with van der Waals surface area (Å²) in [6.07, 6.45) is -2.50. The smallest absolute Gasteiger partial charge is 0.416 e. The normalized spacial score (nSPS) is 18.1. The number of rotatable bonds is 7. The second-order valence-electron chi connectivity index (χ2n) is 6.89. The van der Waals surface area contributed by atoms with Crippen LogP contribution < -0.4 is 9.46 Å². The molecule has 1 fully saturated rings. The highest BCUT2D eigenvalue weighted by Gasteiger charge is 2.31. The molecule has 0 aliphatic carbocycles. The van der Waals surface area contributed by atoms with Gasteiger partial charge >= 0.3 is 6.18 Å². The van der Waals surface area contributed by atoms with Gasteiger partial charge in [-0.2, -0.15) is 13.2 Å². The van der Waals surface area contributed by atoms with Gasteiger partial charge in [0.05, 0.1) is 17.6 Å². The minimum absolute atomic E-state index is 0.177. The summed E-state index contributed by atoms with van der Waals surface area (Å²) in [4.78, 5) is 2.02. The summed E-state index contributed by atoms with van der Waals surface area (Å²) in [5, 5.41) is 0. The van der Waals surface area contributed by atoms with Gasteiger partial charge in [0.25, 0.3) is 0 Å². The Kier molecular flexibility index (Phi) is 6.50. The Morgan fingerprint density at radius 1 is 1.10 bits per heavy atom. The number of methoxy groups -OCH3 is 1. The van der Waals surface area contributed by atoms with Gasteiger partial charge in [-0.15, -0.1) is 0 Å². The highest BCUT2D eigenvalue weighted by molar-refractivity contribution is 7.89. The van der Waals surface area contributed by atoms with E-state index in [4.69, 9.17) is 4.74 Å². The predicted octanol–water partition coefficient (Wildman–Crippen LogP) is 3.83. The molecule has 0 radical (unpaired) electrons. The first-order valence-electron chi connectivity index (χ1n) is 9.25. The molecular formula is C20H23F3N2O3S. The monoisotopic (exact) mass is 428 g/mol. The largest absolute Gasteiger partial charge is 0.497 e. The number of nitrogens with zero attached hydrogens (tertiary/aromatic N) is 1. The van der Waals surface area contributed by atoms with E-state index in [1.807, 2.05) is 24.3 Å². The Balaban J connectivity index is 1.59. The second kappa shape index (κ2) is 8.73. The Hall–Kier alpha value is -2.10. The number of halogens is 3. The first kappa shape index (κ1) is 21.6. The zero-order valence-corrected chi connectivity index (χ0v) is 16.8. The molecule has 1 saturated heterocycles. The van der Waals surface area contributed by atoms with Crippen LogP contribution in [0.2, 0.25) is 0 Å². The van der Waals surface area contributed by atoms with Crippen molar-refractivity contribution in [1.29, 1.82) is 0 Å². The SMILES string of the molecule is COc1ccc(C2CCCN2CCNS(=O)(=O)c2ccc(C(F)(F)F)cc2)cc1. The summed E-state index contributed by atoms with van der Waals surface area (Å²) in [5.41, 5.74) is 0.268. The van der Waals surface area contributed by atoms with E-state index < -0.39 is 21.8 Å². The molecule has 1 N–H and O–H groups in total. The zero-order valence-electron chi connectivity index (χ0n) is 15.9. The average molecular weight is 428 g/mol. The third-order valence-electron chi connectivity index (χ3n) is 5.05. The van der Waals surface area contributed by atoms with Gasteiger partial charge in [0, 0.05) is 19.1 Å². The number of likely N-dealkylation sites (tertiary alicyclic amines) is 1. The third kappa shape index (κ3) is 5.29. The molecule has 1 aliphatic rings. The molecule has 0 amide bonds. The Bertz CT molecular complexity index is 913. The molecule has 3 rings (SSSR count). The third-order valence-corrected chi connectivity index (χ3v) is 6.52. The molecule has 0 bridgehead atoms. The van der Waals surface area contributed by atoms with Crippen LogP contribution >= 0.6 is 0 Å². The molecule has 0 aromatic heterocycles. The molecule has 9 heteroatoms. The van der Waals surface area contributed by atoms with Crippen molar-refractivity contribution in [1.82, 2.24) is 9.62 Å². The fraction of sp³-hybridized carbons (Fsp3) is 0.400. The molecule has 1 unspecified atom stereocenters. The summed E-state index contributed by atoms with van der Waals surface area (Å²) in [5.74, 6) is 0.780. The number of nitrogens with one attached hydrogen (secondary N) is 1. The van der Waals surface area contributed by atoms with E-state index in [1.165, 1.54) is 0 Å². The number of ether oxygens (including phenoxy) is 1. The number of benzene rings is 2. The maximum atomic E-state index is 12.6. The highest BCUT2D eigenvalue weighted by atomic mass is 32.2. The van der Waals surface area contributed by atoms with Crippen LogP contribution in [-0.4, -0.2) is 40.1 Å². The zero-order chi connectivity index (χ0) is 21.1. The van der Waals surface area contributed by atoms with Crippen molar-refractivity contribution >= 4 is 10.0 Å². The predicted molar refractivity (Wildman–Crippen MR) is 103 cm³/mol. The Morgan fingerprint density at radius 2 is 1.76 bits per heavy atom. The number of hydrogen-bond acceptors (Lipinski definition) is 4. The van der Waals surface area contributed by atoms with Crippen molar-refractivity contribution in [2.75, 3.05) is 26.7 Å². The average Bonchev–Trinajstić information content (AvgIpc) is 3.16. The molecule has 29 heavy (non-hydrogen) atoms. The maximum absolute atomic E-state index is 12.6. The Labute approximate surface area is 168 Å². The minimum Gasteiger partial charge on any atom is -0.497 e. The van der Waals surface area contributed by atoms with Gasteiger partial charge in [-0.05, 0) is 61.3 Å². The van der Waals surface area contributed by atoms with Gasteiger partial charge in [-0.25, -0.2) is 13.1 Å². The summed E-state index contributed by atoms with van der Waals surface area (Å²) in [6, 6.07) is 11.5. The first-order valence-corrected chi connectivity index (χ1v) is 10.7. The van der Waals surface area contributed by atoms with Gasteiger partial charge < -0.3 is 4.74 Å². The van der Waals surface area contributed by atoms with E-state index in [9.17, 15) is 21.6 Å². The highest BCUT2D eigenvalue weighted by Crippen LogP contribution is 2.32. The van der Waals surface area contributed by atoms with Crippen LogP contribution in [-0.2, 0) is 16.2 Å². The lowest BCUT2D eigenvalue weighted by Gasteiger charge is -2.25. The van der Waals surface area contributed by atoms with E-state index in [2.05, 4.69) is 9.62 Å². The van der Waals surface area contributed by atoms with Crippen molar-refractivity contribution in [3.8, 4) is 5.75 Å². The Morgan fingerprint density at radius 3 is 2.34 bits per heavy atom. The van der Waals surface area contributed by atoms with Gasteiger partial charge in [-0.1, -0.05) is 12.1 Å². The van der Waals surface area contributed by atoms with E-state index in [-0.39, 0.29) is 17.5 Å². The summed E-state index contributed by atoms with van der Waals surface area (Å²) in [7, 11) is -2.26.